The summed E-state index contributed by atoms with van der Waals surface area (Å²) in [6.45, 7) is 5.38. The van der Waals surface area contributed by atoms with Crippen LogP contribution in [0.1, 0.15) is 23.6 Å². The highest BCUT2D eigenvalue weighted by molar-refractivity contribution is 5.37. The third-order valence-electron chi connectivity index (χ3n) is 4.37. The molecule has 112 valence electrons. The molecule has 0 spiro atoms. The van der Waals surface area contributed by atoms with Crippen LogP contribution >= 0.6 is 0 Å². The quantitative estimate of drug-likeness (QED) is 0.912. The zero-order valence-corrected chi connectivity index (χ0v) is 13.1. The van der Waals surface area contributed by atoms with E-state index in [0.29, 0.717) is 6.04 Å². The molecule has 1 aromatic rings. The minimum Gasteiger partial charge on any atom is -0.497 e. The first kappa shape index (κ1) is 15.3. The fourth-order valence-electron chi connectivity index (χ4n) is 3.05. The first-order valence-corrected chi connectivity index (χ1v) is 7.32. The SMILES string of the molecule is COc1ccc(C(N)C2CN(C)CCCN2C)c(C)c1. The monoisotopic (exact) mass is 277 g/mol. The zero-order chi connectivity index (χ0) is 14.7. The predicted molar refractivity (Wildman–Crippen MR) is 83.2 cm³/mol. The van der Waals surface area contributed by atoms with Gasteiger partial charge in [-0.05, 0) is 63.8 Å². The molecule has 0 saturated carbocycles. The van der Waals surface area contributed by atoms with Crippen LogP contribution in [-0.2, 0) is 0 Å². The molecule has 0 amide bonds. The van der Waals surface area contributed by atoms with E-state index in [1.807, 2.05) is 6.07 Å². The van der Waals surface area contributed by atoms with Crippen molar-refractivity contribution < 1.29 is 4.74 Å². The van der Waals surface area contributed by atoms with Gasteiger partial charge < -0.3 is 20.3 Å². The van der Waals surface area contributed by atoms with Crippen LogP contribution in [0.2, 0.25) is 0 Å². The number of rotatable bonds is 3. The molecule has 1 aliphatic heterocycles. The number of ether oxygens (including phenoxy) is 1. The Morgan fingerprint density at radius 1 is 1.30 bits per heavy atom. The van der Waals surface area contributed by atoms with E-state index in [1.54, 1.807) is 7.11 Å². The summed E-state index contributed by atoms with van der Waals surface area (Å²) < 4.78 is 5.27. The van der Waals surface area contributed by atoms with Gasteiger partial charge >= 0.3 is 0 Å². The molecule has 1 fully saturated rings. The summed E-state index contributed by atoms with van der Waals surface area (Å²) in [4.78, 5) is 4.78. The number of methoxy groups -OCH3 is 1. The van der Waals surface area contributed by atoms with E-state index >= 15 is 0 Å². The Morgan fingerprint density at radius 2 is 2.05 bits per heavy atom. The summed E-state index contributed by atoms with van der Waals surface area (Å²) in [5, 5.41) is 0. The molecule has 1 heterocycles. The van der Waals surface area contributed by atoms with Crippen LogP contribution in [0.4, 0.5) is 0 Å². The second kappa shape index (κ2) is 6.57. The van der Waals surface area contributed by atoms with Crippen molar-refractivity contribution in [2.45, 2.75) is 25.4 Å². The number of nitrogens with two attached hydrogens (primary N) is 1. The molecule has 2 rings (SSSR count). The topological polar surface area (TPSA) is 41.7 Å². The fourth-order valence-corrected chi connectivity index (χ4v) is 3.05. The van der Waals surface area contributed by atoms with Gasteiger partial charge in [0.2, 0.25) is 0 Å². The minimum atomic E-state index is 0.0338. The molecule has 20 heavy (non-hydrogen) atoms. The van der Waals surface area contributed by atoms with E-state index < -0.39 is 0 Å². The fraction of sp³-hybridized carbons (Fsp3) is 0.625. The molecule has 4 heteroatoms. The minimum absolute atomic E-state index is 0.0338. The Balaban J connectivity index is 2.22. The van der Waals surface area contributed by atoms with Gasteiger partial charge in [-0.3, -0.25) is 0 Å². The number of hydrogen-bond donors (Lipinski definition) is 1. The predicted octanol–water partition coefficient (Wildman–Crippen LogP) is 1.64. The van der Waals surface area contributed by atoms with Crippen molar-refractivity contribution in [3.63, 3.8) is 0 Å². The highest BCUT2D eigenvalue weighted by Gasteiger charge is 2.27. The van der Waals surface area contributed by atoms with Crippen molar-refractivity contribution in [1.82, 2.24) is 9.80 Å². The lowest BCUT2D eigenvalue weighted by atomic mass is 9.95. The van der Waals surface area contributed by atoms with Crippen molar-refractivity contribution in [2.24, 2.45) is 5.73 Å². The molecule has 2 unspecified atom stereocenters. The lowest BCUT2D eigenvalue weighted by molar-refractivity contribution is 0.196. The average molecular weight is 277 g/mol. The van der Waals surface area contributed by atoms with Gasteiger partial charge in [0.15, 0.2) is 0 Å². The van der Waals surface area contributed by atoms with Crippen LogP contribution in [0, 0.1) is 6.92 Å². The molecular weight excluding hydrogens is 250 g/mol. The number of nitrogens with zero attached hydrogens (tertiary/aromatic N) is 2. The molecular formula is C16H27N3O. The van der Waals surface area contributed by atoms with Gasteiger partial charge in [0.25, 0.3) is 0 Å². The van der Waals surface area contributed by atoms with Crippen molar-refractivity contribution in [3.05, 3.63) is 29.3 Å². The van der Waals surface area contributed by atoms with Gasteiger partial charge in [-0.2, -0.15) is 0 Å². The largest absolute Gasteiger partial charge is 0.497 e. The lowest BCUT2D eigenvalue weighted by Gasteiger charge is -2.33. The normalized spacial score (nSPS) is 23.4. The molecule has 1 aromatic carbocycles. The van der Waals surface area contributed by atoms with Crippen molar-refractivity contribution in [2.75, 3.05) is 40.8 Å². The molecule has 2 N–H and O–H groups in total. The second-order valence-electron chi connectivity index (χ2n) is 5.91. The van der Waals surface area contributed by atoms with Gasteiger partial charge in [0.05, 0.1) is 7.11 Å². The van der Waals surface area contributed by atoms with Crippen LogP contribution in [0.5, 0.6) is 5.75 Å². The second-order valence-corrected chi connectivity index (χ2v) is 5.91. The van der Waals surface area contributed by atoms with E-state index in [9.17, 15) is 0 Å². The van der Waals surface area contributed by atoms with Crippen molar-refractivity contribution >= 4 is 0 Å². The number of likely N-dealkylation sites (N-methyl/N-ethyl adjacent to an activating group) is 2. The van der Waals surface area contributed by atoms with Crippen molar-refractivity contribution in [1.29, 1.82) is 0 Å². The lowest BCUT2D eigenvalue weighted by Crippen LogP contribution is -2.45. The van der Waals surface area contributed by atoms with Gasteiger partial charge in [-0.25, -0.2) is 0 Å². The zero-order valence-electron chi connectivity index (χ0n) is 13.1. The average Bonchev–Trinajstić information content (AvgIpc) is 2.59. The first-order valence-electron chi connectivity index (χ1n) is 7.32. The molecule has 4 nitrogen and oxygen atoms in total. The summed E-state index contributed by atoms with van der Waals surface area (Å²) in [6, 6.07) is 6.57. The van der Waals surface area contributed by atoms with Gasteiger partial charge in [-0.1, -0.05) is 6.07 Å². The Hall–Kier alpha value is -1.10. The van der Waals surface area contributed by atoms with E-state index in [4.69, 9.17) is 10.5 Å². The number of hydrogen-bond acceptors (Lipinski definition) is 4. The summed E-state index contributed by atoms with van der Waals surface area (Å²) in [5.74, 6) is 0.893. The molecule has 1 saturated heterocycles. The Kier molecular flexibility index (Phi) is 5.02. The van der Waals surface area contributed by atoms with E-state index in [1.165, 1.54) is 17.5 Å². The Bertz CT molecular complexity index is 449. The first-order chi connectivity index (χ1) is 9.52. The third-order valence-corrected chi connectivity index (χ3v) is 4.37. The molecule has 0 aliphatic carbocycles. The van der Waals surface area contributed by atoms with Crippen LogP contribution in [-0.4, -0.2) is 56.7 Å². The summed E-state index contributed by atoms with van der Waals surface area (Å²) in [7, 11) is 6.06. The smallest absolute Gasteiger partial charge is 0.119 e. The molecule has 0 bridgehead atoms. The van der Waals surface area contributed by atoms with Gasteiger partial charge in [-0.15, -0.1) is 0 Å². The van der Waals surface area contributed by atoms with Crippen LogP contribution in [0.25, 0.3) is 0 Å². The maximum atomic E-state index is 6.58. The van der Waals surface area contributed by atoms with E-state index in [0.717, 1.165) is 25.4 Å². The van der Waals surface area contributed by atoms with Gasteiger partial charge in [0.1, 0.15) is 5.75 Å². The Labute approximate surface area is 122 Å². The standard InChI is InChI=1S/C16H27N3O/c1-12-10-13(20-4)6-7-14(12)16(17)15-11-18(2)8-5-9-19(15)3/h6-7,10,15-16H,5,8-9,11,17H2,1-4H3. The van der Waals surface area contributed by atoms with E-state index in [-0.39, 0.29) is 6.04 Å². The number of benzene rings is 1. The maximum Gasteiger partial charge on any atom is 0.119 e. The summed E-state index contributed by atoms with van der Waals surface area (Å²) >= 11 is 0. The van der Waals surface area contributed by atoms with Gasteiger partial charge in [0, 0.05) is 18.6 Å². The molecule has 0 radical (unpaired) electrons. The summed E-state index contributed by atoms with van der Waals surface area (Å²) in [6.07, 6.45) is 1.21. The van der Waals surface area contributed by atoms with Crippen LogP contribution in [0.15, 0.2) is 18.2 Å². The molecule has 1 aliphatic rings. The summed E-state index contributed by atoms with van der Waals surface area (Å²) in [5.41, 5.74) is 9.00. The molecule has 2 atom stereocenters. The van der Waals surface area contributed by atoms with E-state index in [2.05, 4.69) is 43.0 Å². The van der Waals surface area contributed by atoms with Crippen LogP contribution < -0.4 is 10.5 Å². The highest BCUT2D eigenvalue weighted by atomic mass is 16.5. The van der Waals surface area contributed by atoms with Crippen LogP contribution in [0.3, 0.4) is 0 Å². The maximum absolute atomic E-state index is 6.58. The highest BCUT2D eigenvalue weighted by Crippen LogP contribution is 2.26. The number of aryl methyl sites for hydroxylation is 1. The molecule has 0 aromatic heterocycles. The third kappa shape index (κ3) is 3.32. The Morgan fingerprint density at radius 3 is 2.70 bits per heavy atom. The van der Waals surface area contributed by atoms with Crippen molar-refractivity contribution in [3.8, 4) is 5.75 Å².